The van der Waals surface area contributed by atoms with Crippen LogP contribution in [0.3, 0.4) is 0 Å². The third-order valence-electron chi connectivity index (χ3n) is 2.61. The van der Waals surface area contributed by atoms with Gasteiger partial charge in [0.1, 0.15) is 5.75 Å². The van der Waals surface area contributed by atoms with Crippen molar-refractivity contribution in [1.82, 2.24) is 15.1 Å². The van der Waals surface area contributed by atoms with Crippen molar-refractivity contribution in [3.8, 4) is 5.75 Å². The highest BCUT2D eigenvalue weighted by molar-refractivity contribution is 6.30. The zero-order valence-electron chi connectivity index (χ0n) is 10.2. The van der Waals surface area contributed by atoms with Crippen LogP contribution < -0.4 is 5.32 Å². The Kier molecular flexibility index (Phi) is 4.41. The number of benzene rings is 1. The Balaban J connectivity index is 1.81. The molecule has 0 spiro atoms. The van der Waals surface area contributed by atoms with Crippen LogP contribution in [0, 0.1) is 0 Å². The van der Waals surface area contributed by atoms with E-state index in [4.69, 9.17) is 11.6 Å². The van der Waals surface area contributed by atoms with Crippen molar-refractivity contribution in [1.29, 1.82) is 0 Å². The second kappa shape index (κ2) is 6.24. The molecule has 0 atom stereocenters. The van der Waals surface area contributed by atoms with Crippen molar-refractivity contribution in [2.75, 3.05) is 6.54 Å². The van der Waals surface area contributed by atoms with E-state index in [0.29, 0.717) is 11.6 Å². The Labute approximate surface area is 115 Å². The van der Waals surface area contributed by atoms with E-state index in [9.17, 15) is 9.90 Å². The van der Waals surface area contributed by atoms with Crippen molar-refractivity contribution < 1.29 is 9.90 Å². The largest absolute Gasteiger partial charge is 0.507 e. The maximum atomic E-state index is 11.8. The smallest absolute Gasteiger partial charge is 0.255 e. The van der Waals surface area contributed by atoms with Crippen LogP contribution in [0.1, 0.15) is 16.8 Å². The maximum Gasteiger partial charge on any atom is 0.255 e. The molecule has 6 heteroatoms. The Morgan fingerprint density at radius 3 is 3.00 bits per heavy atom. The number of rotatable bonds is 5. The van der Waals surface area contributed by atoms with Gasteiger partial charge in [-0.2, -0.15) is 5.10 Å². The van der Waals surface area contributed by atoms with Crippen LogP contribution in [0.15, 0.2) is 36.7 Å². The molecule has 19 heavy (non-hydrogen) atoms. The van der Waals surface area contributed by atoms with Gasteiger partial charge in [0.2, 0.25) is 0 Å². The van der Waals surface area contributed by atoms with Gasteiger partial charge < -0.3 is 10.4 Å². The van der Waals surface area contributed by atoms with E-state index in [1.165, 1.54) is 12.1 Å². The van der Waals surface area contributed by atoms with Crippen LogP contribution >= 0.6 is 11.6 Å². The number of carbonyl (C=O) groups excluding carboxylic acids is 1. The van der Waals surface area contributed by atoms with Gasteiger partial charge in [-0.3, -0.25) is 9.48 Å². The minimum absolute atomic E-state index is 0.114. The van der Waals surface area contributed by atoms with Crippen LogP contribution in [-0.4, -0.2) is 27.3 Å². The molecule has 0 aliphatic heterocycles. The quantitative estimate of drug-likeness (QED) is 0.823. The summed E-state index contributed by atoms with van der Waals surface area (Å²) in [4.78, 5) is 11.8. The molecule has 0 aliphatic rings. The van der Waals surface area contributed by atoms with Crippen molar-refractivity contribution in [3.05, 3.63) is 47.2 Å². The molecule has 1 heterocycles. The van der Waals surface area contributed by atoms with Crippen molar-refractivity contribution in [3.63, 3.8) is 0 Å². The molecule has 2 N–H and O–H groups in total. The standard InChI is InChI=1S/C13H14ClN3O2/c14-10-3-4-11(12(18)9-10)13(19)15-5-1-7-17-8-2-6-16-17/h2-4,6,8-9,18H,1,5,7H2,(H,15,19). The number of nitrogens with one attached hydrogen (secondary N) is 1. The Morgan fingerprint density at radius 1 is 1.47 bits per heavy atom. The molecule has 2 aromatic rings. The summed E-state index contributed by atoms with van der Waals surface area (Å²) in [5.41, 5.74) is 0.225. The number of halogens is 1. The molecule has 0 radical (unpaired) electrons. The molecule has 1 aromatic heterocycles. The first-order valence-electron chi connectivity index (χ1n) is 5.91. The predicted octanol–water partition coefficient (Wildman–Crippen LogP) is 2.06. The van der Waals surface area contributed by atoms with E-state index in [0.717, 1.165) is 13.0 Å². The van der Waals surface area contributed by atoms with Gasteiger partial charge in [0.15, 0.2) is 0 Å². The van der Waals surface area contributed by atoms with Crippen LogP contribution in [-0.2, 0) is 6.54 Å². The minimum atomic E-state index is -0.311. The first-order chi connectivity index (χ1) is 9.16. The number of aryl methyl sites for hydroxylation is 1. The third kappa shape index (κ3) is 3.72. The average Bonchev–Trinajstić information content (AvgIpc) is 2.87. The van der Waals surface area contributed by atoms with E-state index in [1.54, 1.807) is 16.9 Å². The Bertz CT molecular complexity index is 555. The summed E-state index contributed by atoms with van der Waals surface area (Å²) >= 11 is 5.70. The zero-order valence-corrected chi connectivity index (χ0v) is 11.0. The number of hydrogen-bond donors (Lipinski definition) is 2. The van der Waals surface area contributed by atoms with E-state index >= 15 is 0 Å². The summed E-state index contributed by atoms with van der Waals surface area (Å²) in [5.74, 6) is -0.424. The monoisotopic (exact) mass is 279 g/mol. The molecule has 0 saturated carbocycles. The number of aromatic nitrogens is 2. The van der Waals surface area contributed by atoms with Crippen molar-refractivity contribution in [2.45, 2.75) is 13.0 Å². The molecule has 0 bridgehead atoms. The molecule has 1 aromatic carbocycles. The topological polar surface area (TPSA) is 67.2 Å². The summed E-state index contributed by atoms with van der Waals surface area (Å²) in [6.07, 6.45) is 4.35. The lowest BCUT2D eigenvalue weighted by Gasteiger charge is -2.07. The molecule has 0 unspecified atom stereocenters. The van der Waals surface area contributed by atoms with Gasteiger partial charge in [-0.05, 0) is 30.7 Å². The predicted molar refractivity (Wildman–Crippen MR) is 72.3 cm³/mol. The van der Waals surface area contributed by atoms with Crippen molar-refractivity contribution >= 4 is 17.5 Å². The van der Waals surface area contributed by atoms with Crippen LogP contribution in [0.4, 0.5) is 0 Å². The lowest BCUT2D eigenvalue weighted by atomic mass is 10.2. The highest BCUT2D eigenvalue weighted by atomic mass is 35.5. The molecule has 0 fully saturated rings. The number of phenolic OH excluding ortho intramolecular Hbond substituents is 1. The number of phenols is 1. The Morgan fingerprint density at radius 2 is 2.32 bits per heavy atom. The van der Waals surface area contributed by atoms with E-state index < -0.39 is 0 Å². The van der Waals surface area contributed by atoms with Gasteiger partial charge in [-0.1, -0.05) is 11.6 Å². The molecule has 0 aliphatic carbocycles. The van der Waals surface area contributed by atoms with E-state index in [-0.39, 0.29) is 17.2 Å². The molecule has 5 nitrogen and oxygen atoms in total. The molecule has 100 valence electrons. The minimum Gasteiger partial charge on any atom is -0.507 e. The number of carbonyl (C=O) groups is 1. The molecule has 1 amide bonds. The molecular weight excluding hydrogens is 266 g/mol. The first kappa shape index (κ1) is 13.4. The average molecular weight is 280 g/mol. The highest BCUT2D eigenvalue weighted by Crippen LogP contribution is 2.21. The van der Waals surface area contributed by atoms with Gasteiger partial charge in [-0.15, -0.1) is 0 Å². The summed E-state index contributed by atoms with van der Waals surface area (Å²) in [7, 11) is 0. The fraction of sp³-hybridized carbons (Fsp3) is 0.231. The van der Waals surface area contributed by atoms with Crippen LogP contribution in [0.5, 0.6) is 5.75 Å². The molecule has 0 saturated heterocycles. The van der Waals surface area contributed by atoms with Gasteiger partial charge in [0.25, 0.3) is 5.91 Å². The first-order valence-corrected chi connectivity index (χ1v) is 6.29. The van der Waals surface area contributed by atoms with Crippen LogP contribution in [0.25, 0.3) is 0 Å². The third-order valence-corrected chi connectivity index (χ3v) is 2.85. The molecular formula is C13H14ClN3O2. The summed E-state index contributed by atoms with van der Waals surface area (Å²) < 4.78 is 1.80. The number of amides is 1. The lowest BCUT2D eigenvalue weighted by molar-refractivity contribution is 0.0950. The summed E-state index contributed by atoms with van der Waals surface area (Å²) in [5, 5.41) is 16.8. The highest BCUT2D eigenvalue weighted by Gasteiger charge is 2.10. The maximum absolute atomic E-state index is 11.8. The second-order valence-corrected chi connectivity index (χ2v) is 4.48. The van der Waals surface area contributed by atoms with Crippen LogP contribution in [0.2, 0.25) is 5.02 Å². The summed E-state index contributed by atoms with van der Waals surface area (Å²) in [6, 6.07) is 6.27. The Hall–Kier alpha value is -2.01. The number of hydrogen-bond acceptors (Lipinski definition) is 3. The second-order valence-electron chi connectivity index (χ2n) is 4.04. The number of aromatic hydroxyl groups is 1. The van der Waals surface area contributed by atoms with Crippen molar-refractivity contribution in [2.24, 2.45) is 0 Å². The SMILES string of the molecule is O=C(NCCCn1cccn1)c1ccc(Cl)cc1O. The fourth-order valence-corrected chi connectivity index (χ4v) is 1.83. The lowest BCUT2D eigenvalue weighted by Crippen LogP contribution is -2.25. The summed E-state index contributed by atoms with van der Waals surface area (Å²) in [6.45, 7) is 1.25. The molecule has 2 rings (SSSR count). The van der Waals surface area contributed by atoms with Gasteiger partial charge in [0, 0.05) is 30.5 Å². The number of nitrogens with zero attached hydrogens (tertiary/aromatic N) is 2. The zero-order chi connectivity index (χ0) is 13.7. The normalized spacial score (nSPS) is 10.4. The van der Waals surface area contributed by atoms with Gasteiger partial charge in [-0.25, -0.2) is 0 Å². The fourth-order valence-electron chi connectivity index (χ4n) is 1.67. The van der Waals surface area contributed by atoms with E-state index in [1.807, 2.05) is 12.3 Å². The van der Waals surface area contributed by atoms with Gasteiger partial charge in [0.05, 0.1) is 5.56 Å². The van der Waals surface area contributed by atoms with Gasteiger partial charge >= 0.3 is 0 Å². The van der Waals surface area contributed by atoms with E-state index in [2.05, 4.69) is 10.4 Å².